The fourth-order valence-corrected chi connectivity index (χ4v) is 2.68. The first-order valence-electron chi connectivity index (χ1n) is 7.30. The second kappa shape index (κ2) is 7.37. The quantitative estimate of drug-likeness (QED) is 0.867. The predicted octanol–water partition coefficient (Wildman–Crippen LogP) is 2.52. The lowest BCUT2D eigenvalue weighted by Gasteiger charge is -2.20. The molecule has 0 aromatic heterocycles. The Morgan fingerprint density at radius 3 is 2.80 bits per heavy atom. The van der Waals surface area contributed by atoms with Crippen LogP contribution in [0.4, 0.5) is 4.39 Å². The molecule has 1 saturated heterocycles. The number of benzene rings is 1. The normalized spacial score (nSPS) is 17.1. The molecular formula is C16H22FN3. The van der Waals surface area contributed by atoms with Gasteiger partial charge in [-0.1, -0.05) is 13.0 Å². The van der Waals surface area contributed by atoms with Crippen molar-refractivity contribution in [2.45, 2.75) is 26.3 Å². The van der Waals surface area contributed by atoms with E-state index in [4.69, 9.17) is 5.26 Å². The monoisotopic (exact) mass is 275 g/mol. The third-order valence-electron chi connectivity index (χ3n) is 3.76. The van der Waals surface area contributed by atoms with Crippen LogP contribution >= 0.6 is 0 Å². The van der Waals surface area contributed by atoms with Crippen molar-refractivity contribution in [2.24, 2.45) is 5.92 Å². The molecule has 1 N–H and O–H groups in total. The minimum absolute atomic E-state index is 0.302. The molecule has 2 rings (SSSR count). The molecule has 1 unspecified atom stereocenters. The highest BCUT2D eigenvalue weighted by Gasteiger charge is 2.14. The lowest BCUT2D eigenvalue weighted by molar-refractivity contribution is 0.282. The van der Waals surface area contributed by atoms with Gasteiger partial charge in [-0.25, -0.2) is 4.39 Å². The summed E-state index contributed by atoms with van der Waals surface area (Å²) in [7, 11) is 0. The molecule has 0 amide bonds. The molecule has 4 heteroatoms. The number of nitrogens with zero attached hydrogens (tertiary/aromatic N) is 2. The molecule has 0 aliphatic carbocycles. The summed E-state index contributed by atoms with van der Waals surface area (Å²) >= 11 is 0. The van der Waals surface area contributed by atoms with Gasteiger partial charge in [-0.2, -0.15) is 5.26 Å². The zero-order valence-corrected chi connectivity index (χ0v) is 12.0. The largest absolute Gasteiger partial charge is 0.312 e. The maximum Gasteiger partial charge on any atom is 0.129 e. The topological polar surface area (TPSA) is 39.1 Å². The van der Waals surface area contributed by atoms with Crippen molar-refractivity contribution in [1.82, 2.24) is 10.2 Å². The molecule has 1 aromatic rings. The molecule has 108 valence electrons. The van der Waals surface area contributed by atoms with Crippen LogP contribution < -0.4 is 5.32 Å². The molecule has 1 aliphatic heterocycles. The van der Waals surface area contributed by atoms with Crippen LogP contribution in [0.15, 0.2) is 18.2 Å². The standard InChI is InChI=1S/C16H22FN3/c1-13(12-20-6-2-3-7-20)10-19-11-15-5-4-14(9-18)8-16(15)17/h4-5,8,13,19H,2-3,6-7,10-12H2,1H3. The Bertz CT molecular complexity index is 475. The summed E-state index contributed by atoms with van der Waals surface area (Å²) in [4.78, 5) is 2.49. The van der Waals surface area contributed by atoms with E-state index < -0.39 is 0 Å². The van der Waals surface area contributed by atoms with Crippen molar-refractivity contribution in [3.8, 4) is 6.07 Å². The number of hydrogen-bond acceptors (Lipinski definition) is 3. The Hall–Kier alpha value is -1.44. The van der Waals surface area contributed by atoms with Crippen molar-refractivity contribution in [3.63, 3.8) is 0 Å². The molecule has 1 fully saturated rings. The Morgan fingerprint density at radius 2 is 2.15 bits per heavy atom. The average molecular weight is 275 g/mol. The first kappa shape index (κ1) is 15.0. The molecule has 3 nitrogen and oxygen atoms in total. The Labute approximate surface area is 120 Å². The second-order valence-electron chi connectivity index (χ2n) is 5.66. The number of halogens is 1. The van der Waals surface area contributed by atoms with E-state index >= 15 is 0 Å². The summed E-state index contributed by atoms with van der Waals surface area (Å²) in [5.74, 6) is 0.262. The number of nitriles is 1. The van der Waals surface area contributed by atoms with Gasteiger partial charge >= 0.3 is 0 Å². The third kappa shape index (κ3) is 4.29. The van der Waals surface area contributed by atoms with Crippen molar-refractivity contribution in [3.05, 3.63) is 35.1 Å². The molecule has 20 heavy (non-hydrogen) atoms. The molecule has 0 saturated carbocycles. The van der Waals surface area contributed by atoms with Gasteiger partial charge in [0.15, 0.2) is 0 Å². The summed E-state index contributed by atoms with van der Waals surface area (Å²) in [5, 5.41) is 12.0. The maximum absolute atomic E-state index is 13.7. The van der Waals surface area contributed by atoms with E-state index in [1.165, 1.54) is 32.0 Å². The van der Waals surface area contributed by atoms with E-state index in [-0.39, 0.29) is 5.82 Å². The van der Waals surface area contributed by atoms with E-state index in [9.17, 15) is 4.39 Å². The van der Waals surface area contributed by atoms with Gasteiger partial charge < -0.3 is 10.2 Å². The number of rotatable bonds is 6. The van der Waals surface area contributed by atoms with Crippen LogP contribution in [-0.2, 0) is 6.54 Å². The molecule has 0 radical (unpaired) electrons. The SMILES string of the molecule is CC(CNCc1ccc(C#N)cc1F)CN1CCCC1. The fraction of sp³-hybridized carbons (Fsp3) is 0.562. The average Bonchev–Trinajstić information content (AvgIpc) is 2.93. The zero-order valence-electron chi connectivity index (χ0n) is 12.0. The van der Waals surface area contributed by atoms with Crippen LogP contribution in [0, 0.1) is 23.1 Å². The minimum atomic E-state index is -0.302. The third-order valence-corrected chi connectivity index (χ3v) is 3.76. The van der Waals surface area contributed by atoms with Crippen LogP contribution in [0.2, 0.25) is 0 Å². The highest BCUT2D eigenvalue weighted by atomic mass is 19.1. The number of nitrogens with one attached hydrogen (secondary N) is 1. The number of hydrogen-bond donors (Lipinski definition) is 1. The molecule has 1 aliphatic rings. The van der Waals surface area contributed by atoms with Crippen LogP contribution in [0.5, 0.6) is 0 Å². The van der Waals surface area contributed by atoms with Gasteiger partial charge in [0, 0.05) is 18.7 Å². The lowest BCUT2D eigenvalue weighted by atomic mass is 10.1. The van der Waals surface area contributed by atoms with Gasteiger partial charge in [-0.05, 0) is 50.5 Å². The first-order valence-corrected chi connectivity index (χ1v) is 7.30. The van der Waals surface area contributed by atoms with Crippen molar-refractivity contribution in [1.29, 1.82) is 5.26 Å². The van der Waals surface area contributed by atoms with Crippen LogP contribution in [0.25, 0.3) is 0 Å². The summed E-state index contributed by atoms with van der Waals surface area (Å²) < 4.78 is 13.7. The van der Waals surface area contributed by atoms with Crippen LogP contribution in [0.1, 0.15) is 30.9 Å². The highest BCUT2D eigenvalue weighted by molar-refractivity contribution is 5.32. The summed E-state index contributed by atoms with van der Waals surface area (Å²) in [5.41, 5.74) is 0.992. The Balaban J connectivity index is 1.73. The van der Waals surface area contributed by atoms with Crippen molar-refractivity contribution >= 4 is 0 Å². The van der Waals surface area contributed by atoms with Crippen molar-refractivity contribution < 1.29 is 4.39 Å². The van der Waals surface area contributed by atoms with Crippen LogP contribution in [0.3, 0.4) is 0 Å². The predicted molar refractivity (Wildman–Crippen MR) is 77.7 cm³/mol. The molecule has 1 heterocycles. The van der Waals surface area contributed by atoms with Gasteiger partial charge in [0.2, 0.25) is 0 Å². The molecular weight excluding hydrogens is 253 g/mol. The van der Waals surface area contributed by atoms with Gasteiger partial charge in [0.05, 0.1) is 11.6 Å². The maximum atomic E-state index is 13.7. The van der Waals surface area contributed by atoms with Gasteiger partial charge in [0.1, 0.15) is 5.82 Å². The second-order valence-corrected chi connectivity index (χ2v) is 5.66. The first-order chi connectivity index (χ1) is 9.69. The smallest absolute Gasteiger partial charge is 0.129 e. The Kier molecular flexibility index (Phi) is 5.51. The fourth-order valence-electron chi connectivity index (χ4n) is 2.68. The van der Waals surface area contributed by atoms with Gasteiger partial charge in [0.25, 0.3) is 0 Å². The summed E-state index contributed by atoms with van der Waals surface area (Å²) in [6.07, 6.45) is 2.63. The van der Waals surface area contributed by atoms with E-state index in [0.29, 0.717) is 23.6 Å². The van der Waals surface area contributed by atoms with Gasteiger partial charge in [-0.3, -0.25) is 0 Å². The molecule has 0 spiro atoms. The van der Waals surface area contributed by atoms with Crippen molar-refractivity contribution in [2.75, 3.05) is 26.2 Å². The lowest BCUT2D eigenvalue weighted by Crippen LogP contribution is -2.31. The van der Waals surface area contributed by atoms with E-state index in [0.717, 1.165) is 13.1 Å². The van der Waals surface area contributed by atoms with E-state index in [2.05, 4.69) is 17.1 Å². The minimum Gasteiger partial charge on any atom is -0.312 e. The Morgan fingerprint density at radius 1 is 1.40 bits per heavy atom. The molecule has 0 bridgehead atoms. The zero-order chi connectivity index (χ0) is 14.4. The van der Waals surface area contributed by atoms with Gasteiger partial charge in [-0.15, -0.1) is 0 Å². The van der Waals surface area contributed by atoms with Crippen LogP contribution in [-0.4, -0.2) is 31.1 Å². The molecule has 1 atom stereocenters. The summed E-state index contributed by atoms with van der Waals surface area (Å²) in [6.45, 7) is 7.17. The number of likely N-dealkylation sites (tertiary alicyclic amines) is 1. The molecule has 1 aromatic carbocycles. The van der Waals surface area contributed by atoms with E-state index in [1.807, 2.05) is 6.07 Å². The van der Waals surface area contributed by atoms with E-state index in [1.54, 1.807) is 12.1 Å². The summed E-state index contributed by atoms with van der Waals surface area (Å²) in [6, 6.07) is 6.59. The highest BCUT2D eigenvalue weighted by Crippen LogP contribution is 2.11.